The first-order chi connectivity index (χ1) is 20.2. The highest BCUT2D eigenvalue weighted by molar-refractivity contribution is 6.31. The molecule has 224 valence electrons. The van der Waals surface area contributed by atoms with Crippen LogP contribution in [-0.2, 0) is 0 Å². The molecule has 0 spiro atoms. The molecule has 2 aromatic carbocycles. The molecule has 0 atom stereocenters. The van der Waals surface area contributed by atoms with Crippen molar-refractivity contribution in [1.29, 1.82) is 0 Å². The number of ether oxygens (including phenoxy) is 2. The van der Waals surface area contributed by atoms with Crippen LogP contribution in [-0.4, -0.2) is 69.3 Å². The van der Waals surface area contributed by atoms with E-state index in [9.17, 15) is 0 Å². The van der Waals surface area contributed by atoms with Crippen LogP contribution in [0.25, 0.3) is 0 Å². The first-order valence-electron chi connectivity index (χ1n) is 13.2. The molecule has 0 unspecified atom stereocenters. The Hall–Kier alpha value is -3.18. The number of aromatic nitrogens is 6. The van der Waals surface area contributed by atoms with Gasteiger partial charge in [-0.15, -0.1) is 0 Å². The van der Waals surface area contributed by atoms with E-state index in [0.717, 1.165) is 24.5 Å². The first kappa shape index (κ1) is 33.3. The maximum Gasteiger partial charge on any atom is 0.322 e. The van der Waals surface area contributed by atoms with Gasteiger partial charge in [-0.05, 0) is 109 Å². The molecule has 14 heteroatoms. The van der Waals surface area contributed by atoms with Crippen LogP contribution in [0.5, 0.6) is 12.0 Å². The number of nitrogens with zero attached hydrogens (tertiary/aromatic N) is 8. The summed E-state index contributed by atoms with van der Waals surface area (Å²) in [5.74, 6) is 0. The molecule has 0 fully saturated rings. The number of hydrogen-bond acceptors (Lipinski definition) is 10. The standard InChI is InChI=1S/2C14H16Cl2N4O/c2*1-3-20(11-6-4-5-10(2)9-11)7-8-21-14-18-12(15)17-13(16)19-14/h2*4-6,9H,3,7-8H2,1-2H3. The zero-order chi connectivity index (χ0) is 30.5. The largest absolute Gasteiger partial charge is 0.461 e. The van der Waals surface area contributed by atoms with Gasteiger partial charge in [0.05, 0.1) is 13.1 Å². The summed E-state index contributed by atoms with van der Waals surface area (Å²) < 4.78 is 11.0. The van der Waals surface area contributed by atoms with Gasteiger partial charge in [0.2, 0.25) is 21.1 Å². The normalized spacial score (nSPS) is 10.5. The predicted octanol–water partition coefficient (Wildman–Crippen LogP) is 6.78. The van der Waals surface area contributed by atoms with Gasteiger partial charge in [-0.3, -0.25) is 0 Å². The van der Waals surface area contributed by atoms with E-state index >= 15 is 0 Å². The van der Waals surface area contributed by atoms with Gasteiger partial charge in [0.15, 0.2) is 0 Å². The Labute approximate surface area is 266 Å². The van der Waals surface area contributed by atoms with Crippen molar-refractivity contribution in [3.63, 3.8) is 0 Å². The SMILES string of the molecule is CCN(CCOc1nc(Cl)nc(Cl)n1)c1cccc(C)c1.CCN(CCOc1nc(Cl)nc(Cl)n1)c1cccc(C)c1. The highest BCUT2D eigenvalue weighted by atomic mass is 35.5. The lowest BCUT2D eigenvalue weighted by Gasteiger charge is -2.23. The second kappa shape index (κ2) is 17.1. The van der Waals surface area contributed by atoms with Gasteiger partial charge in [0.25, 0.3) is 0 Å². The third kappa shape index (κ3) is 11.2. The highest BCUT2D eigenvalue weighted by Gasteiger charge is 2.09. The van der Waals surface area contributed by atoms with Crippen molar-refractivity contribution in [2.24, 2.45) is 0 Å². The second-order valence-electron chi connectivity index (χ2n) is 8.85. The summed E-state index contributed by atoms with van der Waals surface area (Å²) in [6.45, 7) is 12.4. The lowest BCUT2D eigenvalue weighted by molar-refractivity contribution is 0.297. The summed E-state index contributed by atoms with van der Waals surface area (Å²) in [5, 5.41) is 0.0964. The van der Waals surface area contributed by atoms with E-state index < -0.39 is 0 Å². The van der Waals surface area contributed by atoms with Gasteiger partial charge >= 0.3 is 12.0 Å². The fourth-order valence-corrected chi connectivity index (χ4v) is 4.53. The molecule has 42 heavy (non-hydrogen) atoms. The van der Waals surface area contributed by atoms with Crippen molar-refractivity contribution in [1.82, 2.24) is 29.9 Å². The van der Waals surface area contributed by atoms with E-state index in [-0.39, 0.29) is 33.2 Å². The Morgan fingerprint density at radius 3 is 1.24 bits per heavy atom. The maximum atomic E-state index is 5.70. The van der Waals surface area contributed by atoms with E-state index in [2.05, 4.69) is 104 Å². The Balaban J connectivity index is 0.000000230. The maximum absolute atomic E-state index is 5.70. The monoisotopic (exact) mass is 652 g/mol. The number of benzene rings is 2. The van der Waals surface area contributed by atoms with Crippen LogP contribution in [0.1, 0.15) is 25.0 Å². The lowest BCUT2D eigenvalue weighted by atomic mass is 10.2. The zero-order valence-corrected chi connectivity index (χ0v) is 26.8. The van der Waals surface area contributed by atoms with Gasteiger partial charge in [-0.1, -0.05) is 24.3 Å². The Kier molecular flexibility index (Phi) is 13.5. The van der Waals surface area contributed by atoms with Crippen LogP contribution in [0.2, 0.25) is 21.1 Å². The molecule has 0 aliphatic heterocycles. The quantitative estimate of drug-likeness (QED) is 0.162. The molecule has 0 saturated heterocycles. The number of halogens is 4. The van der Waals surface area contributed by atoms with Crippen molar-refractivity contribution < 1.29 is 9.47 Å². The Bertz CT molecular complexity index is 1290. The first-order valence-corrected chi connectivity index (χ1v) is 14.7. The topological polar surface area (TPSA) is 102 Å². The zero-order valence-electron chi connectivity index (χ0n) is 23.8. The molecule has 0 bridgehead atoms. The summed E-state index contributed by atoms with van der Waals surface area (Å²) in [6.07, 6.45) is 0. The molecule has 2 aromatic heterocycles. The van der Waals surface area contributed by atoms with Gasteiger partial charge < -0.3 is 19.3 Å². The van der Waals surface area contributed by atoms with E-state index in [1.54, 1.807) is 0 Å². The van der Waals surface area contributed by atoms with E-state index in [1.807, 2.05) is 12.1 Å². The molecule has 0 amide bonds. The third-order valence-electron chi connectivity index (χ3n) is 5.80. The van der Waals surface area contributed by atoms with Crippen LogP contribution in [0.15, 0.2) is 48.5 Å². The number of anilines is 2. The smallest absolute Gasteiger partial charge is 0.322 e. The van der Waals surface area contributed by atoms with E-state index in [1.165, 1.54) is 11.1 Å². The predicted molar refractivity (Wildman–Crippen MR) is 169 cm³/mol. The summed E-state index contributed by atoms with van der Waals surface area (Å²) in [6, 6.07) is 16.9. The van der Waals surface area contributed by atoms with Crippen molar-refractivity contribution in [3.8, 4) is 12.0 Å². The molecule has 10 nitrogen and oxygen atoms in total. The minimum atomic E-state index is 0.0241. The summed E-state index contributed by atoms with van der Waals surface area (Å²) in [4.78, 5) is 27.2. The number of aryl methyl sites for hydroxylation is 2. The van der Waals surface area contributed by atoms with Crippen molar-refractivity contribution in [2.45, 2.75) is 27.7 Å². The molecule has 0 aliphatic rings. The van der Waals surface area contributed by atoms with Crippen LogP contribution >= 0.6 is 46.4 Å². The van der Waals surface area contributed by atoms with Crippen LogP contribution in [0.4, 0.5) is 11.4 Å². The van der Waals surface area contributed by atoms with Gasteiger partial charge in [0, 0.05) is 24.5 Å². The van der Waals surface area contributed by atoms with Crippen molar-refractivity contribution >= 4 is 57.8 Å². The third-order valence-corrected chi connectivity index (χ3v) is 6.48. The molecule has 4 aromatic rings. The summed E-state index contributed by atoms with van der Waals surface area (Å²) in [7, 11) is 0. The van der Waals surface area contributed by atoms with Crippen molar-refractivity contribution in [2.75, 3.05) is 49.2 Å². The van der Waals surface area contributed by atoms with Gasteiger partial charge in [-0.2, -0.15) is 29.9 Å². The lowest BCUT2D eigenvalue weighted by Crippen LogP contribution is -2.28. The molecule has 0 radical (unpaired) electrons. The van der Waals surface area contributed by atoms with Crippen LogP contribution in [0.3, 0.4) is 0 Å². The van der Waals surface area contributed by atoms with E-state index in [4.69, 9.17) is 55.9 Å². The highest BCUT2D eigenvalue weighted by Crippen LogP contribution is 2.17. The average Bonchev–Trinajstić information content (AvgIpc) is 2.93. The molecular weight excluding hydrogens is 622 g/mol. The Morgan fingerprint density at radius 2 is 0.929 bits per heavy atom. The molecule has 2 heterocycles. The fourth-order valence-electron chi connectivity index (χ4n) is 3.83. The molecule has 0 aliphatic carbocycles. The number of likely N-dealkylation sites (N-methyl/N-ethyl adjacent to an activating group) is 2. The number of hydrogen-bond donors (Lipinski definition) is 0. The minimum absolute atomic E-state index is 0.0241. The van der Waals surface area contributed by atoms with Crippen molar-refractivity contribution in [3.05, 3.63) is 80.8 Å². The van der Waals surface area contributed by atoms with Crippen LogP contribution < -0.4 is 19.3 Å². The van der Waals surface area contributed by atoms with Gasteiger partial charge in [-0.25, -0.2) is 0 Å². The molecule has 0 saturated carbocycles. The minimum Gasteiger partial charge on any atom is -0.461 e. The summed E-state index contributed by atoms with van der Waals surface area (Å²) >= 11 is 22.8. The number of rotatable bonds is 12. The van der Waals surface area contributed by atoms with Gasteiger partial charge in [0.1, 0.15) is 13.2 Å². The average molecular weight is 654 g/mol. The summed E-state index contributed by atoms with van der Waals surface area (Å²) in [5.41, 5.74) is 4.77. The molecule has 4 rings (SSSR count). The Morgan fingerprint density at radius 1 is 0.571 bits per heavy atom. The fraction of sp³-hybridized carbons (Fsp3) is 0.357. The van der Waals surface area contributed by atoms with E-state index in [0.29, 0.717) is 26.3 Å². The second-order valence-corrected chi connectivity index (χ2v) is 10.2. The van der Waals surface area contributed by atoms with Crippen LogP contribution in [0, 0.1) is 13.8 Å². The molecular formula is C28H32Cl4N8O2. The molecule has 0 N–H and O–H groups in total.